The quantitative estimate of drug-likeness (QED) is 0.571. The molecule has 0 aromatic heterocycles. The molecule has 10 heteroatoms. The first-order chi connectivity index (χ1) is 16.3. The van der Waals surface area contributed by atoms with Crippen LogP contribution in [0, 0.1) is 17.1 Å². The second kappa shape index (κ2) is 11.7. The van der Waals surface area contributed by atoms with Crippen molar-refractivity contribution < 1.29 is 22.4 Å². The second-order valence-electron chi connectivity index (χ2n) is 7.88. The van der Waals surface area contributed by atoms with Crippen molar-refractivity contribution in [2.45, 2.75) is 30.6 Å². The Hall–Kier alpha value is -3.29. The molecule has 1 aliphatic rings. The van der Waals surface area contributed by atoms with E-state index in [1.54, 1.807) is 29.2 Å². The molecule has 2 aromatic rings. The third-order valence-corrected chi connectivity index (χ3v) is 7.54. The summed E-state index contributed by atoms with van der Waals surface area (Å²) in [6, 6.07) is 15.7. The summed E-state index contributed by atoms with van der Waals surface area (Å²) < 4.78 is 40.2. The van der Waals surface area contributed by atoms with E-state index >= 15 is 0 Å². The molecule has 1 saturated heterocycles. The predicted octanol–water partition coefficient (Wildman–Crippen LogP) is 2.78. The van der Waals surface area contributed by atoms with Crippen LogP contribution in [0.25, 0.3) is 0 Å². The number of halogens is 1. The molecule has 2 aromatic carbocycles. The van der Waals surface area contributed by atoms with Gasteiger partial charge < -0.3 is 9.80 Å². The van der Waals surface area contributed by atoms with Crippen LogP contribution in [0.1, 0.15) is 25.7 Å². The van der Waals surface area contributed by atoms with Crippen molar-refractivity contribution in [3.63, 3.8) is 0 Å². The number of amides is 2. The van der Waals surface area contributed by atoms with Gasteiger partial charge in [0.25, 0.3) is 0 Å². The van der Waals surface area contributed by atoms with E-state index in [2.05, 4.69) is 0 Å². The molecule has 0 spiro atoms. The minimum absolute atomic E-state index is 0.000563. The summed E-state index contributed by atoms with van der Waals surface area (Å²) in [6.07, 6.45) is 0.629. The molecule has 0 radical (unpaired) electrons. The molecule has 0 unspecified atom stereocenters. The number of rotatable bonds is 8. The fourth-order valence-corrected chi connectivity index (χ4v) is 5.28. The number of nitriles is 1. The smallest absolute Gasteiger partial charge is 0.243 e. The van der Waals surface area contributed by atoms with E-state index in [1.807, 2.05) is 12.1 Å². The van der Waals surface area contributed by atoms with E-state index in [4.69, 9.17) is 5.26 Å². The van der Waals surface area contributed by atoms with Crippen LogP contribution >= 0.6 is 0 Å². The zero-order valence-electron chi connectivity index (χ0n) is 18.8. The summed E-state index contributed by atoms with van der Waals surface area (Å²) >= 11 is 0. The van der Waals surface area contributed by atoms with Crippen LogP contribution < -0.4 is 4.90 Å². The highest BCUT2D eigenvalue weighted by Crippen LogP contribution is 2.19. The number of nitrogens with zero attached hydrogens (tertiary/aromatic N) is 4. The molecular weight excluding hydrogens is 459 g/mol. The van der Waals surface area contributed by atoms with Crippen LogP contribution in [-0.2, 0) is 19.6 Å². The lowest BCUT2D eigenvalue weighted by Gasteiger charge is -2.24. The molecule has 180 valence electrons. The van der Waals surface area contributed by atoms with E-state index in [0.717, 1.165) is 12.1 Å². The molecule has 0 atom stereocenters. The fraction of sp³-hybridized carbons (Fsp3) is 0.375. The van der Waals surface area contributed by atoms with Crippen molar-refractivity contribution in [1.29, 1.82) is 5.26 Å². The monoisotopic (exact) mass is 486 g/mol. The van der Waals surface area contributed by atoms with Gasteiger partial charge in [-0.15, -0.1) is 0 Å². The summed E-state index contributed by atoms with van der Waals surface area (Å²) in [7, 11) is -3.79. The minimum Gasteiger partial charge on any atom is -0.341 e. The van der Waals surface area contributed by atoms with Crippen molar-refractivity contribution in [2.24, 2.45) is 0 Å². The Morgan fingerprint density at radius 2 is 1.68 bits per heavy atom. The van der Waals surface area contributed by atoms with Gasteiger partial charge in [-0.2, -0.15) is 9.57 Å². The number of carbonyl (C=O) groups excluding carboxylic acids is 2. The standard InChI is InChI=1S/C24H27FN4O4S/c25-20-8-10-22(11-9-20)34(32,33)28-16-5-15-27(18-19-28)23(30)12-13-24(31)29(17-4-14-26)21-6-2-1-3-7-21/h1-3,6-11H,4-5,12-13,15-19H2. The van der Waals surface area contributed by atoms with Gasteiger partial charge in [0.2, 0.25) is 21.8 Å². The minimum atomic E-state index is -3.79. The van der Waals surface area contributed by atoms with Crippen molar-refractivity contribution in [3.05, 3.63) is 60.4 Å². The van der Waals surface area contributed by atoms with E-state index in [-0.39, 0.29) is 62.2 Å². The van der Waals surface area contributed by atoms with Crippen LogP contribution in [0.5, 0.6) is 0 Å². The van der Waals surface area contributed by atoms with Crippen molar-refractivity contribution in [1.82, 2.24) is 9.21 Å². The Bertz CT molecular complexity index is 1130. The largest absolute Gasteiger partial charge is 0.341 e. The maximum atomic E-state index is 13.2. The van der Waals surface area contributed by atoms with Crippen molar-refractivity contribution in [2.75, 3.05) is 37.6 Å². The lowest BCUT2D eigenvalue weighted by molar-refractivity contribution is -0.133. The highest BCUT2D eigenvalue weighted by atomic mass is 32.2. The molecule has 1 aliphatic heterocycles. The molecule has 0 N–H and O–H groups in total. The first-order valence-corrected chi connectivity index (χ1v) is 12.5. The zero-order valence-corrected chi connectivity index (χ0v) is 19.6. The molecule has 1 fully saturated rings. The Labute approximate surface area is 199 Å². The normalized spacial score (nSPS) is 14.8. The van der Waals surface area contributed by atoms with Crippen molar-refractivity contribution >= 4 is 27.5 Å². The van der Waals surface area contributed by atoms with Crippen LogP contribution in [0.15, 0.2) is 59.5 Å². The maximum absolute atomic E-state index is 13.2. The number of hydrogen-bond acceptors (Lipinski definition) is 5. The van der Waals surface area contributed by atoms with Gasteiger partial charge in [-0.3, -0.25) is 9.59 Å². The Balaban J connectivity index is 1.58. The third kappa shape index (κ3) is 6.40. The molecule has 8 nitrogen and oxygen atoms in total. The Kier molecular flexibility index (Phi) is 8.73. The fourth-order valence-electron chi connectivity index (χ4n) is 3.81. The molecule has 34 heavy (non-hydrogen) atoms. The zero-order chi connectivity index (χ0) is 24.6. The number of benzene rings is 2. The first kappa shape index (κ1) is 25.3. The molecule has 0 aliphatic carbocycles. The van der Waals surface area contributed by atoms with Crippen LogP contribution in [0.4, 0.5) is 10.1 Å². The van der Waals surface area contributed by atoms with Crippen LogP contribution in [0.2, 0.25) is 0 Å². The van der Waals surface area contributed by atoms with Gasteiger partial charge in [-0.25, -0.2) is 12.8 Å². The molecule has 0 bridgehead atoms. The third-order valence-electron chi connectivity index (χ3n) is 5.63. The van der Waals surface area contributed by atoms with Gasteiger partial charge >= 0.3 is 0 Å². The SMILES string of the molecule is N#CCCN(C(=O)CCC(=O)N1CCCN(S(=O)(=O)c2ccc(F)cc2)CC1)c1ccccc1. The van der Waals surface area contributed by atoms with Crippen LogP contribution in [-0.4, -0.2) is 62.2 Å². The van der Waals surface area contributed by atoms with Gasteiger partial charge in [0.1, 0.15) is 5.82 Å². The Morgan fingerprint density at radius 1 is 0.971 bits per heavy atom. The van der Waals surface area contributed by atoms with Gasteiger partial charge in [0.15, 0.2) is 0 Å². The van der Waals surface area contributed by atoms with Gasteiger partial charge in [-0.05, 0) is 42.8 Å². The highest BCUT2D eigenvalue weighted by Gasteiger charge is 2.28. The number of hydrogen-bond donors (Lipinski definition) is 0. The summed E-state index contributed by atoms with van der Waals surface area (Å²) in [5.41, 5.74) is 0.673. The molecular formula is C24H27FN4O4S. The molecule has 2 amide bonds. The van der Waals surface area contributed by atoms with Gasteiger partial charge in [-0.1, -0.05) is 18.2 Å². The molecule has 3 rings (SSSR count). The van der Waals surface area contributed by atoms with E-state index in [0.29, 0.717) is 18.7 Å². The summed E-state index contributed by atoms with van der Waals surface area (Å²) in [4.78, 5) is 28.7. The van der Waals surface area contributed by atoms with E-state index in [9.17, 15) is 22.4 Å². The lowest BCUT2D eigenvalue weighted by atomic mass is 10.2. The summed E-state index contributed by atoms with van der Waals surface area (Å²) in [5.74, 6) is -0.979. The molecule has 1 heterocycles. The average Bonchev–Trinajstić information content (AvgIpc) is 3.11. The summed E-state index contributed by atoms with van der Waals surface area (Å²) in [6.45, 7) is 1.22. The first-order valence-electron chi connectivity index (χ1n) is 11.1. The van der Waals surface area contributed by atoms with E-state index < -0.39 is 15.8 Å². The van der Waals surface area contributed by atoms with Gasteiger partial charge in [0.05, 0.1) is 17.4 Å². The molecule has 0 saturated carbocycles. The van der Waals surface area contributed by atoms with Gasteiger partial charge in [0, 0.05) is 51.3 Å². The lowest BCUT2D eigenvalue weighted by Crippen LogP contribution is -2.38. The Morgan fingerprint density at radius 3 is 2.35 bits per heavy atom. The number of sulfonamides is 1. The maximum Gasteiger partial charge on any atom is 0.243 e. The van der Waals surface area contributed by atoms with Crippen molar-refractivity contribution in [3.8, 4) is 6.07 Å². The predicted molar refractivity (Wildman–Crippen MR) is 125 cm³/mol. The topological polar surface area (TPSA) is 102 Å². The number of carbonyl (C=O) groups is 2. The highest BCUT2D eigenvalue weighted by molar-refractivity contribution is 7.89. The van der Waals surface area contributed by atoms with Crippen LogP contribution in [0.3, 0.4) is 0 Å². The van der Waals surface area contributed by atoms with E-state index in [1.165, 1.54) is 21.3 Å². The second-order valence-corrected chi connectivity index (χ2v) is 9.82. The number of para-hydroxylation sites is 1. The average molecular weight is 487 g/mol. The summed E-state index contributed by atoms with van der Waals surface area (Å²) in [5, 5.41) is 8.91. The number of anilines is 1.